The molecule has 0 bridgehead atoms. The van der Waals surface area contributed by atoms with Crippen LogP contribution in [0, 0.1) is 6.92 Å². The zero-order chi connectivity index (χ0) is 23.3. The molecular formula is C24H33N3O5. The number of guanidine groups is 1. The third kappa shape index (κ3) is 7.46. The Balaban J connectivity index is 2.10. The van der Waals surface area contributed by atoms with Crippen LogP contribution in [0.4, 0.5) is 0 Å². The number of hydrogen-bond acceptors (Lipinski definition) is 6. The molecule has 8 nitrogen and oxygen atoms in total. The number of aryl methyl sites for hydroxylation is 1. The van der Waals surface area contributed by atoms with Crippen molar-refractivity contribution in [2.24, 2.45) is 4.99 Å². The van der Waals surface area contributed by atoms with Crippen LogP contribution in [0.2, 0.25) is 0 Å². The molecule has 0 amide bonds. The van der Waals surface area contributed by atoms with Gasteiger partial charge in [0.15, 0.2) is 5.96 Å². The average Bonchev–Trinajstić information content (AvgIpc) is 2.81. The lowest BCUT2D eigenvalue weighted by Crippen LogP contribution is -2.36. The van der Waals surface area contributed by atoms with Crippen molar-refractivity contribution in [3.8, 4) is 11.5 Å². The van der Waals surface area contributed by atoms with Gasteiger partial charge in [0.2, 0.25) is 0 Å². The Morgan fingerprint density at radius 1 is 1.00 bits per heavy atom. The van der Waals surface area contributed by atoms with Gasteiger partial charge in [-0.2, -0.15) is 0 Å². The maximum atomic E-state index is 11.8. The maximum Gasteiger partial charge on any atom is 0.341 e. The Kier molecular flexibility index (Phi) is 10.3. The van der Waals surface area contributed by atoms with Gasteiger partial charge in [0.1, 0.15) is 23.7 Å². The Bertz CT molecular complexity index is 915. The number of benzene rings is 2. The summed E-state index contributed by atoms with van der Waals surface area (Å²) < 4.78 is 21.1. The summed E-state index contributed by atoms with van der Waals surface area (Å²) in [7, 11) is 4.52. The minimum atomic E-state index is -0.437. The van der Waals surface area contributed by atoms with Crippen LogP contribution in [0.1, 0.15) is 34.0 Å². The first kappa shape index (κ1) is 25.0. The van der Waals surface area contributed by atoms with E-state index in [0.717, 1.165) is 29.0 Å². The average molecular weight is 444 g/mol. The molecule has 2 aromatic carbocycles. The Labute approximate surface area is 189 Å². The van der Waals surface area contributed by atoms with Gasteiger partial charge in [-0.25, -0.2) is 9.79 Å². The molecule has 2 aromatic rings. The first-order chi connectivity index (χ1) is 15.5. The number of nitrogens with one attached hydrogen (secondary N) is 2. The molecule has 2 N–H and O–H groups in total. The summed E-state index contributed by atoms with van der Waals surface area (Å²) in [5.74, 6) is 1.52. The molecule has 0 aliphatic carbocycles. The molecule has 2 rings (SSSR count). The second kappa shape index (κ2) is 13.2. The van der Waals surface area contributed by atoms with Crippen LogP contribution >= 0.6 is 0 Å². The number of carbonyl (C=O) groups is 1. The first-order valence-corrected chi connectivity index (χ1v) is 10.5. The molecule has 32 heavy (non-hydrogen) atoms. The van der Waals surface area contributed by atoms with E-state index in [2.05, 4.69) is 21.7 Å². The predicted molar refractivity (Wildman–Crippen MR) is 125 cm³/mol. The summed E-state index contributed by atoms with van der Waals surface area (Å²) in [5, 5.41) is 6.59. The Morgan fingerprint density at radius 2 is 1.81 bits per heavy atom. The van der Waals surface area contributed by atoms with E-state index >= 15 is 0 Å². The third-order valence-electron chi connectivity index (χ3n) is 4.65. The second-order valence-corrected chi connectivity index (χ2v) is 7.03. The number of esters is 1. The van der Waals surface area contributed by atoms with Crippen LogP contribution in [-0.2, 0) is 22.6 Å². The van der Waals surface area contributed by atoms with Gasteiger partial charge in [0.05, 0.1) is 27.4 Å². The van der Waals surface area contributed by atoms with E-state index in [9.17, 15) is 4.79 Å². The third-order valence-corrected chi connectivity index (χ3v) is 4.65. The lowest BCUT2D eigenvalue weighted by molar-refractivity contribution is 0.0597. The van der Waals surface area contributed by atoms with Crippen LogP contribution in [0.15, 0.2) is 41.4 Å². The molecule has 0 aliphatic heterocycles. The van der Waals surface area contributed by atoms with Crippen molar-refractivity contribution in [1.29, 1.82) is 0 Å². The number of hydrogen-bond donors (Lipinski definition) is 2. The predicted octanol–water partition coefficient (Wildman–Crippen LogP) is 3.07. The molecule has 0 aromatic heterocycles. The van der Waals surface area contributed by atoms with Crippen molar-refractivity contribution in [2.45, 2.75) is 26.9 Å². The summed E-state index contributed by atoms with van der Waals surface area (Å²) in [4.78, 5) is 16.5. The highest BCUT2D eigenvalue weighted by molar-refractivity contribution is 5.92. The molecule has 0 saturated carbocycles. The van der Waals surface area contributed by atoms with E-state index in [4.69, 9.17) is 18.9 Å². The fourth-order valence-corrected chi connectivity index (χ4v) is 2.98. The second-order valence-electron chi connectivity index (χ2n) is 7.03. The van der Waals surface area contributed by atoms with E-state index in [1.165, 1.54) is 14.2 Å². The minimum absolute atomic E-state index is 0.383. The lowest BCUT2D eigenvalue weighted by atomic mass is 10.1. The number of nitrogens with zero attached hydrogens (tertiary/aromatic N) is 1. The van der Waals surface area contributed by atoms with Gasteiger partial charge in [-0.15, -0.1) is 0 Å². The molecule has 174 valence electrons. The van der Waals surface area contributed by atoms with E-state index in [-0.39, 0.29) is 0 Å². The van der Waals surface area contributed by atoms with E-state index in [1.807, 2.05) is 32.0 Å². The van der Waals surface area contributed by atoms with Crippen molar-refractivity contribution in [3.05, 3.63) is 58.7 Å². The number of carbonyl (C=O) groups excluding carboxylic acids is 1. The molecule has 0 saturated heterocycles. The zero-order valence-corrected chi connectivity index (χ0v) is 19.5. The molecule has 0 spiro atoms. The molecule has 8 heteroatoms. The van der Waals surface area contributed by atoms with Crippen molar-refractivity contribution < 1.29 is 23.7 Å². The number of methoxy groups -OCH3 is 3. The highest BCUT2D eigenvalue weighted by Crippen LogP contribution is 2.22. The van der Waals surface area contributed by atoms with Crippen LogP contribution < -0.4 is 20.1 Å². The van der Waals surface area contributed by atoms with Crippen LogP contribution in [-0.4, -0.2) is 53.0 Å². The lowest BCUT2D eigenvalue weighted by Gasteiger charge is -2.15. The van der Waals surface area contributed by atoms with Crippen molar-refractivity contribution in [3.63, 3.8) is 0 Å². The van der Waals surface area contributed by atoms with Gasteiger partial charge in [-0.05, 0) is 43.2 Å². The van der Waals surface area contributed by atoms with Gasteiger partial charge in [0.25, 0.3) is 0 Å². The first-order valence-electron chi connectivity index (χ1n) is 10.5. The van der Waals surface area contributed by atoms with Gasteiger partial charge >= 0.3 is 5.97 Å². The van der Waals surface area contributed by atoms with Gasteiger partial charge in [0, 0.05) is 25.8 Å². The number of aliphatic imine (C=N–C) groups is 1. The van der Waals surface area contributed by atoms with Crippen molar-refractivity contribution in [2.75, 3.05) is 41.1 Å². The molecule has 0 radical (unpaired) electrons. The molecule has 0 unspecified atom stereocenters. The van der Waals surface area contributed by atoms with Crippen molar-refractivity contribution in [1.82, 2.24) is 10.6 Å². The smallest absolute Gasteiger partial charge is 0.341 e. The molecule has 0 fully saturated rings. The van der Waals surface area contributed by atoms with Gasteiger partial charge < -0.3 is 29.6 Å². The highest BCUT2D eigenvalue weighted by Gasteiger charge is 2.13. The van der Waals surface area contributed by atoms with Crippen LogP contribution in [0.3, 0.4) is 0 Å². The van der Waals surface area contributed by atoms with Crippen LogP contribution in [0.25, 0.3) is 0 Å². The summed E-state index contributed by atoms with van der Waals surface area (Å²) >= 11 is 0. The quantitative estimate of drug-likeness (QED) is 0.239. The Hall–Kier alpha value is -3.26. The summed E-state index contributed by atoms with van der Waals surface area (Å²) in [6.07, 6.45) is 0. The minimum Gasteiger partial charge on any atom is -0.496 e. The van der Waals surface area contributed by atoms with Crippen LogP contribution in [0.5, 0.6) is 11.5 Å². The zero-order valence-electron chi connectivity index (χ0n) is 19.5. The molecular weight excluding hydrogens is 410 g/mol. The topological polar surface area (TPSA) is 90.4 Å². The Morgan fingerprint density at radius 3 is 2.50 bits per heavy atom. The number of ether oxygens (including phenoxy) is 4. The normalized spacial score (nSPS) is 11.1. The van der Waals surface area contributed by atoms with Crippen molar-refractivity contribution >= 4 is 11.9 Å². The highest BCUT2D eigenvalue weighted by atomic mass is 16.5. The van der Waals surface area contributed by atoms with Gasteiger partial charge in [-0.1, -0.05) is 18.2 Å². The summed E-state index contributed by atoms with van der Waals surface area (Å²) in [6, 6.07) is 11.4. The molecule has 0 atom stereocenters. The fourth-order valence-electron chi connectivity index (χ4n) is 2.98. The van der Waals surface area contributed by atoms with Gasteiger partial charge in [-0.3, -0.25) is 0 Å². The molecule has 0 aliphatic rings. The monoisotopic (exact) mass is 443 g/mol. The SMILES string of the molecule is CCNC(=NCc1ccc(C(=O)OC)c(OC)c1)NCc1ccc(C)cc1OCCOC. The summed E-state index contributed by atoms with van der Waals surface area (Å²) in [6.45, 7) is 6.76. The standard InChI is InChI=1S/C24H33N3O5/c1-6-25-24(26-15-18-8-10-20(23(28)31-5)22(14-18)30-4)27-16-19-9-7-17(2)13-21(19)32-12-11-29-3/h7-10,13-14H,6,11-12,15-16H2,1-5H3,(H2,25,26,27). The maximum absolute atomic E-state index is 11.8. The fraction of sp³-hybridized carbons (Fsp3) is 0.417. The van der Waals surface area contributed by atoms with E-state index in [1.54, 1.807) is 19.2 Å². The van der Waals surface area contributed by atoms with E-state index < -0.39 is 5.97 Å². The summed E-state index contributed by atoms with van der Waals surface area (Å²) in [5.41, 5.74) is 3.45. The number of rotatable bonds is 11. The molecule has 0 heterocycles. The largest absolute Gasteiger partial charge is 0.496 e. The van der Waals surface area contributed by atoms with E-state index in [0.29, 0.717) is 43.6 Å².